The van der Waals surface area contributed by atoms with E-state index >= 15 is 0 Å². The molecule has 0 N–H and O–H groups in total. The van der Waals surface area contributed by atoms with Crippen LogP contribution in [0.3, 0.4) is 0 Å². The molecule has 0 amide bonds. The van der Waals surface area contributed by atoms with E-state index in [4.69, 9.17) is 4.98 Å². The van der Waals surface area contributed by atoms with E-state index in [1.165, 1.54) is 38.8 Å². The van der Waals surface area contributed by atoms with Gasteiger partial charge in [-0.2, -0.15) is 0 Å². The number of aryl methyl sites for hydroxylation is 1. The Bertz CT molecular complexity index is 1270. The van der Waals surface area contributed by atoms with Gasteiger partial charge in [0.25, 0.3) is 0 Å². The van der Waals surface area contributed by atoms with Crippen molar-refractivity contribution in [3.05, 3.63) is 101 Å². The van der Waals surface area contributed by atoms with Gasteiger partial charge in [0.15, 0.2) is 0 Å². The van der Waals surface area contributed by atoms with Gasteiger partial charge in [0, 0.05) is 10.8 Å². The zero-order valence-electron chi connectivity index (χ0n) is 17.9. The Balaban J connectivity index is 1.56. The number of fused-ring (bicyclic) bond motifs is 4. The second-order valence-corrected chi connectivity index (χ2v) is 8.41. The zero-order chi connectivity index (χ0) is 20.7. The second-order valence-electron chi connectivity index (χ2n) is 8.41. The van der Waals surface area contributed by atoms with Gasteiger partial charge >= 0.3 is 0 Å². The largest absolute Gasteiger partial charge is 0.248 e. The quantitative estimate of drug-likeness (QED) is 0.347. The number of aromatic nitrogens is 1. The summed E-state index contributed by atoms with van der Waals surface area (Å²) in [6.07, 6.45) is 6.56. The van der Waals surface area contributed by atoms with E-state index in [2.05, 4.69) is 99.7 Å². The smallest absolute Gasteiger partial charge is 0.0709 e. The fraction of sp³-hybridized carbons (Fsp3) is 0.207. The van der Waals surface area contributed by atoms with E-state index < -0.39 is 0 Å². The molecule has 1 heterocycles. The average molecular weight is 390 g/mol. The lowest BCUT2D eigenvalue weighted by Crippen LogP contribution is -2.23. The van der Waals surface area contributed by atoms with E-state index in [0.717, 1.165) is 24.1 Å². The normalized spacial score (nSPS) is 14.2. The second kappa shape index (κ2) is 7.25. The molecule has 1 nitrogen and oxygen atoms in total. The summed E-state index contributed by atoms with van der Waals surface area (Å²) in [6, 6.07) is 26.4. The average Bonchev–Trinajstić information content (AvgIpc) is 3.06. The van der Waals surface area contributed by atoms with Gasteiger partial charge in [-0.1, -0.05) is 86.2 Å². The maximum atomic E-state index is 4.78. The van der Waals surface area contributed by atoms with Gasteiger partial charge in [0.2, 0.25) is 0 Å². The molecule has 0 bridgehead atoms. The highest BCUT2D eigenvalue weighted by Crippen LogP contribution is 2.53. The molecule has 4 aromatic rings. The fourth-order valence-corrected chi connectivity index (χ4v) is 5.10. The van der Waals surface area contributed by atoms with Crippen molar-refractivity contribution in [1.82, 2.24) is 4.98 Å². The number of benzene rings is 3. The molecule has 0 fully saturated rings. The summed E-state index contributed by atoms with van der Waals surface area (Å²) in [5.41, 5.74) is 10.5. The van der Waals surface area contributed by atoms with E-state index in [0.29, 0.717) is 0 Å². The van der Waals surface area contributed by atoms with Crippen LogP contribution in [0.15, 0.2) is 72.8 Å². The van der Waals surface area contributed by atoms with Crippen LogP contribution in [0.1, 0.15) is 54.6 Å². The van der Waals surface area contributed by atoms with Gasteiger partial charge in [-0.3, -0.25) is 0 Å². The van der Waals surface area contributed by atoms with Crippen LogP contribution >= 0.6 is 0 Å². The molecule has 0 radical (unpaired) electrons. The summed E-state index contributed by atoms with van der Waals surface area (Å²) in [5, 5.41) is 1.18. The summed E-state index contributed by atoms with van der Waals surface area (Å²) in [7, 11) is 0. The third kappa shape index (κ3) is 2.89. The SMILES string of the molecule is CCC1(CC)c2cc(C)ccc2-c2ccc(C=Cc3ccc4ccccc4n3)cc21. The van der Waals surface area contributed by atoms with Crippen LogP contribution in [-0.2, 0) is 5.41 Å². The number of hydrogen-bond donors (Lipinski definition) is 0. The molecule has 5 rings (SSSR count). The monoisotopic (exact) mass is 389 g/mol. The maximum Gasteiger partial charge on any atom is 0.0709 e. The topological polar surface area (TPSA) is 12.9 Å². The predicted octanol–water partition coefficient (Wildman–Crippen LogP) is 7.80. The van der Waals surface area contributed by atoms with Crippen molar-refractivity contribution in [3.8, 4) is 11.1 Å². The Labute approximate surface area is 179 Å². The Morgan fingerprint density at radius 3 is 2.30 bits per heavy atom. The van der Waals surface area contributed by atoms with Crippen molar-refractivity contribution in [2.24, 2.45) is 0 Å². The Morgan fingerprint density at radius 1 is 0.767 bits per heavy atom. The van der Waals surface area contributed by atoms with Crippen LogP contribution < -0.4 is 0 Å². The molecule has 30 heavy (non-hydrogen) atoms. The van der Waals surface area contributed by atoms with Crippen LogP contribution in [0.4, 0.5) is 0 Å². The van der Waals surface area contributed by atoms with Crippen LogP contribution in [0, 0.1) is 6.92 Å². The van der Waals surface area contributed by atoms with Gasteiger partial charge in [0.1, 0.15) is 0 Å². The van der Waals surface area contributed by atoms with Gasteiger partial charge in [-0.25, -0.2) is 4.98 Å². The first-order valence-corrected chi connectivity index (χ1v) is 10.9. The van der Waals surface area contributed by atoms with E-state index in [1.54, 1.807) is 0 Å². The molecule has 0 aliphatic heterocycles. The minimum absolute atomic E-state index is 0.113. The summed E-state index contributed by atoms with van der Waals surface area (Å²) in [4.78, 5) is 4.78. The Morgan fingerprint density at radius 2 is 1.50 bits per heavy atom. The Kier molecular flexibility index (Phi) is 4.55. The predicted molar refractivity (Wildman–Crippen MR) is 129 cm³/mol. The molecule has 0 unspecified atom stereocenters. The number of para-hydroxylation sites is 1. The summed E-state index contributed by atoms with van der Waals surface area (Å²) in [6.45, 7) is 6.85. The minimum atomic E-state index is 0.113. The van der Waals surface area contributed by atoms with E-state index in [1.807, 2.05) is 6.07 Å². The van der Waals surface area contributed by atoms with Crippen molar-refractivity contribution < 1.29 is 0 Å². The molecule has 0 saturated heterocycles. The van der Waals surface area contributed by atoms with Crippen LogP contribution in [-0.4, -0.2) is 4.98 Å². The maximum absolute atomic E-state index is 4.78. The van der Waals surface area contributed by atoms with Gasteiger partial charge < -0.3 is 0 Å². The molecular weight excluding hydrogens is 362 g/mol. The Hall–Kier alpha value is -3.19. The number of hydrogen-bond acceptors (Lipinski definition) is 1. The number of pyridine rings is 1. The highest BCUT2D eigenvalue weighted by atomic mass is 14.7. The van der Waals surface area contributed by atoms with Crippen LogP contribution in [0.25, 0.3) is 34.2 Å². The molecule has 3 aromatic carbocycles. The third-order valence-electron chi connectivity index (χ3n) is 6.81. The summed E-state index contributed by atoms with van der Waals surface area (Å²) in [5.74, 6) is 0. The standard InChI is InChI=1S/C29H27N/c1-4-29(5-2)26-18-20(3)10-16-24(26)25-17-12-21(19-27(25)29)11-14-23-15-13-22-8-6-7-9-28(22)30-23/h6-19H,4-5H2,1-3H3. The van der Waals surface area contributed by atoms with Crippen molar-refractivity contribution in [1.29, 1.82) is 0 Å². The minimum Gasteiger partial charge on any atom is -0.248 e. The molecule has 0 saturated carbocycles. The third-order valence-corrected chi connectivity index (χ3v) is 6.81. The van der Waals surface area contributed by atoms with E-state index in [-0.39, 0.29) is 5.41 Å². The summed E-state index contributed by atoms with van der Waals surface area (Å²) < 4.78 is 0. The molecular formula is C29H27N. The lowest BCUT2D eigenvalue weighted by Gasteiger charge is -2.30. The lowest BCUT2D eigenvalue weighted by atomic mass is 9.73. The van der Waals surface area contributed by atoms with Crippen LogP contribution in [0.2, 0.25) is 0 Å². The zero-order valence-corrected chi connectivity index (χ0v) is 17.9. The number of rotatable bonds is 4. The van der Waals surface area contributed by atoms with Crippen molar-refractivity contribution >= 4 is 23.1 Å². The van der Waals surface area contributed by atoms with Crippen molar-refractivity contribution in [2.75, 3.05) is 0 Å². The van der Waals surface area contributed by atoms with Crippen LogP contribution in [0.5, 0.6) is 0 Å². The molecule has 0 atom stereocenters. The van der Waals surface area contributed by atoms with E-state index in [9.17, 15) is 0 Å². The molecule has 1 aliphatic rings. The highest BCUT2D eigenvalue weighted by molar-refractivity contribution is 5.84. The highest BCUT2D eigenvalue weighted by Gasteiger charge is 2.40. The molecule has 148 valence electrons. The first kappa shape index (κ1) is 18.8. The lowest BCUT2D eigenvalue weighted by molar-refractivity contribution is 0.490. The first-order valence-electron chi connectivity index (χ1n) is 10.9. The molecule has 0 spiro atoms. The first-order chi connectivity index (χ1) is 14.6. The van der Waals surface area contributed by atoms with Gasteiger partial charge in [-0.15, -0.1) is 0 Å². The van der Waals surface area contributed by atoms with Gasteiger partial charge in [-0.05, 0) is 65.8 Å². The summed E-state index contributed by atoms with van der Waals surface area (Å²) >= 11 is 0. The van der Waals surface area contributed by atoms with Crippen molar-refractivity contribution in [2.45, 2.75) is 39.0 Å². The van der Waals surface area contributed by atoms with Crippen molar-refractivity contribution in [3.63, 3.8) is 0 Å². The molecule has 1 aliphatic carbocycles. The fourth-order valence-electron chi connectivity index (χ4n) is 5.10. The van der Waals surface area contributed by atoms with Gasteiger partial charge in [0.05, 0.1) is 11.2 Å². The molecule has 1 aromatic heterocycles. The molecule has 1 heteroatoms. The number of nitrogens with zero attached hydrogens (tertiary/aromatic N) is 1.